The molecule has 0 bridgehead atoms. The zero-order valence-corrected chi connectivity index (χ0v) is 13.5. The summed E-state index contributed by atoms with van der Waals surface area (Å²) in [5.74, 6) is 0.795. The fraction of sp³-hybridized carbons (Fsp3) is 0.583. The molecule has 1 aromatic heterocycles. The van der Waals surface area contributed by atoms with Crippen LogP contribution in [-0.4, -0.2) is 37.8 Å². The van der Waals surface area contributed by atoms with Gasteiger partial charge in [-0.05, 0) is 40.8 Å². The summed E-state index contributed by atoms with van der Waals surface area (Å²) in [7, 11) is -1.81. The molecule has 0 saturated carbocycles. The second-order valence-corrected chi connectivity index (χ2v) is 7.68. The molecule has 1 aromatic rings. The molecule has 5 nitrogen and oxygen atoms in total. The Morgan fingerprint density at radius 2 is 2.26 bits per heavy atom. The fourth-order valence-corrected chi connectivity index (χ4v) is 4.56. The van der Waals surface area contributed by atoms with E-state index in [1.165, 1.54) is 0 Å². The number of aromatic nitrogens is 1. The molecule has 1 aliphatic heterocycles. The monoisotopic (exact) mass is 347 g/mol. The van der Waals surface area contributed by atoms with Crippen LogP contribution in [0.2, 0.25) is 0 Å². The summed E-state index contributed by atoms with van der Waals surface area (Å²) in [5, 5.41) is 2.84. The molecule has 0 aromatic carbocycles. The normalized spacial score (nSPS) is 21.3. The Kier molecular flexibility index (Phi) is 4.47. The second kappa shape index (κ2) is 5.76. The lowest BCUT2D eigenvalue weighted by atomic mass is 10.0. The van der Waals surface area contributed by atoms with Crippen LogP contribution in [0.15, 0.2) is 21.6 Å². The van der Waals surface area contributed by atoms with Crippen LogP contribution in [0.25, 0.3) is 0 Å². The first-order valence-corrected chi connectivity index (χ1v) is 8.52. The predicted molar refractivity (Wildman–Crippen MR) is 78.6 cm³/mol. The van der Waals surface area contributed by atoms with Crippen LogP contribution in [-0.2, 0) is 10.0 Å². The maximum absolute atomic E-state index is 12.7. The van der Waals surface area contributed by atoms with E-state index in [-0.39, 0.29) is 4.90 Å². The maximum atomic E-state index is 12.7. The third-order valence-corrected chi connectivity index (χ3v) is 5.61. The Hall–Kier alpha value is -0.660. The molecule has 106 valence electrons. The Labute approximate surface area is 122 Å². The summed E-state index contributed by atoms with van der Waals surface area (Å²) in [5.41, 5.74) is 0. The van der Waals surface area contributed by atoms with E-state index in [9.17, 15) is 8.42 Å². The zero-order valence-electron chi connectivity index (χ0n) is 11.1. The Bertz CT molecular complexity index is 562. The van der Waals surface area contributed by atoms with Gasteiger partial charge in [0.25, 0.3) is 0 Å². The van der Waals surface area contributed by atoms with E-state index in [4.69, 9.17) is 0 Å². The van der Waals surface area contributed by atoms with Gasteiger partial charge in [0.05, 0.1) is 0 Å². The molecule has 1 aliphatic rings. The highest BCUT2D eigenvalue weighted by atomic mass is 79.9. The summed E-state index contributed by atoms with van der Waals surface area (Å²) < 4.78 is 27.6. The summed E-state index contributed by atoms with van der Waals surface area (Å²) >= 11 is 3.28. The van der Waals surface area contributed by atoms with Crippen LogP contribution in [0.3, 0.4) is 0 Å². The summed E-state index contributed by atoms with van der Waals surface area (Å²) in [6.07, 6.45) is 3.59. The third kappa shape index (κ3) is 3.09. The van der Waals surface area contributed by atoms with E-state index in [1.807, 2.05) is 0 Å². The van der Waals surface area contributed by atoms with Gasteiger partial charge in [0.15, 0.2) is 0 Å². The number of sulfonamides is 1. The molecular formula is C12H18BrN3O2S. The van der Waals surface area contributed by atoms with Gasteiger partial charge in [0.1, 0.15) is 10.7 Å². The van der Waals surface area contributed by atoms with Crippen molar-refractivity contribution in [3.8, 4) is 0 Å². The Morgan fingerprint density at radius 3 is 2.89 bits per heavy atom. The number of hydrogen-bond donors (Lipinski definition) is 1. The predicted octanol–water partition coefficient (Wildman–Crippen LogP) is 2.31. The van der Waals surface area contributed by atoms with Gasteiger partial charge in [-0.3, -0.25) is 0 Å². The van der Waals surface area contributed by atoms with Crippen LogP contribution in [0, 0.1) is 5.92 Å². The van der Waals surface area contributed by atoms with Crippen molar-refractivity contribution >= 4 is 31.8 Å². The molecule has 19 heavy (non-hydrogen) atoms. The molecule has 1 saturated heterocycles. The number of pyridine rings is 1. The number of hydrogen-bond acceptors (Lipinski definition) is 4. The molecular weight excluding hydrogens is 330 g/mol. The van der Waals surface area contributed by atoms with E-state index < -0.39 is 10.0 Å². The van der Waals surface area contributed by atoms with Gasteiger partial charge >= 0.3 is 0 Å². The van der Waals surface area contributed by atoms with E-state index in [1.54, 1.807) is 23.6 Å². The van der Waals surface area contributed by atoms with E-state index in [0.29, 0.717) is 29.3 Å². The standard InChI is InChI=1S/C12H18BrN3O2S/c1-9-4-3-5-16(8-9)19(17,18)11-6-10(13)7-15-12(11)14-2/h6-7,9H,3-5,8H2,1-2H3,(H,14,15). The maximum Gasteiger partial charge on any atom is 0.246 e. The third-order valence-electron chi connectivity index (χ3n) is 3.29. The fourth-order valence-electron chi connectivity index (χ4n) is 2.31. The number of anilines is 1. The lowest BCUT2D eigenvalue weighted by molar-refractivity contribution is 0.281. The molecule has 0 amide bonds. The molecule has 1 unspecified atom stereocenters. The second-order valence-electron chi connectivity index (χ2n) is 4.86. The zero-order chi connectivity index (χ0) is 14.0. The highest BCUT2D eigenvalue weighted by Crippen LogP contribution is 2.28. The van der Waals surface area contributed by atoms with Crippen LogP contribution in [0.1, 0.15) is 19.8 Å². The van der Waals surface area contributed by atoms with Gasteiger partial charge < -0.3 is 5.32 Å². The van der Waals surface area contributed by atoms with E-state index in [0.717, 1.165) is 12.8 Å². The number of halogens is 1. The summed E-state index contributed by atoms with van der Waals surface area (Å²) in [4.78, 5) is 4.35. The van der Waals surface area contributed by atoms with Crippen LogP contribution < -0.4 is 5.32 Å². The molecule has 2 heterocycles. The minimum atomic E-state index is -3.48. The van der Waals surface area contributed by atoms with Crippen molar-refractivity contribution in [1.29, 1.82) is 0 Å². The van der Waals surface area contributed by atoms with Crippen LogP contribution >= 0.6 is 15.9 Å². The first-order valence-electron chi connectivity index (χ1n) is 6.28. The molecule has 7 heteroatoms. The summed E-state index contributed by atoms with van der Waals surface area (Å²) in [6, 6.07) is 1.60. The molecule has 1 fully saturated rings. The van der Waals surface area contributed by atoms with Gasteiger partial charge in [0, 0.05) is 30.8 Å². The highest BCUT2D eigenvalue weighted by Gasteiger charge is 2.31. The quantitative estimate of drug-likeness (QED) is 0.911. The summed E-state index contributed by atoms with van der Waals surface area (Å²) in [6.45, 7) is 3.25. The number of nitrogens with one attached hydrogen (secondary N) is 1. The van der Waals surface area contributed by atoms with Gasteiger partial charge in [-0.2, -0.15) is 4.31 Å². The minimum Gasteiger partial charge on any atom is -0.372 e. The van der Waals surface area contributed by atoms with Crippen molar-refractivity contribution in [2.75, 3.05) is 25.5 Å². The van der Waals surface area contributed by atoms with E-state index in [2.05, 4.69) is 33.2 Å². The van der Waals surface area contributed by atoms with Crippen molar-refractivity contribution in [1.82, 2.24) is 9.29 Å². The van der Waals surface area contributed by atoms with E-state index >= 15 is 0 Å². The first-order chi connectivity index (χ1) is 8.95. The van der Waals surface area contributed by atoms with Gasteiger partial charge in [-0.1, -0.05) is 6.92 Å². The lowest BCUT2D eigenvalue weighted by Gasteiger charge is -2.30. The molecule has 1 atom stereocenters. The molecule has 0 spiro atoms. The van der Waals surface area contributed by atoms with Crippen molar-refractivity contribution in [2.45, 2.75) is 24.7 Å². The van der Waals surface area contributed by atoms with Crippen molar-refractivity contribution in [2.24, 2.45) is 5.92 Å². The van der Waals surface area contributed by atoms with Gasteiger partial charge in [0.2, 0.25) is 10.0 Å². The van der Waals surface area contributed by atoms with Crippen molar-refractivity contribution in [3.05, 3.63) is 16.7 Å². The molecule has 0 radical (unpaired) electrons. The molecule has 0 aliphatic carbocycles. The van der Waals surface area contributed by atoms with Crippen LogP contribution in [0.5, 0.6) is 0 Å². The lowest BCUT2D eigenvalue weighted by Crippen LogP contribution is -2.39. The number of nitrogens with zero attached hydrogens (tertiary/aromatic N) is 2. The topological polar surface area (TPSA) is 62.3 Å². The minimum absolute atomic E-state index is 0.235. The average molecular weight is 348 g/mol. The Morgan fingerprint density at radius 1 is 1.53 bits per heavy atom. The van der Waals surface area contributed by atoms with Crippen molar-refractivity contribution < 1.29 is 8.42 Å². The van der Waals surface area contributed by atoms with Crippen LogP contribution in [0.4, 0.5) is 5.82 Å². The first kappa shape index (κ1) is 14.7. The largest absolute Gasteiger partial charge is 0.372 e. The smallest absolute Gasteiger partial charge is 0.246 e. The van der Waals surface area contributed by atoms with Gasteiger partial charge in [-0.15, -0.1) is 0 Å². The van der Waals surface area contributed by atoms with Crippen molar-refractivity contribution in [3.63, 3.8) is 0 Å². The molecule has 1 N–H and O–H groups in total. The molecule has 2 rings (SSSR count). The number of piperidine rings is 1. The van der Waals surface area contributed by atoms with Gasteiger partial charge in [-0.25, -0.2) is 13.4 Å². The highest BCUT2D eigenvalue weighted by molar-refractivity contribution is 9.10. The SMILES string of the molecule is CNc1ncc(Br)cc1S(=O)(=O)N1CCCC(C)C1. The Balaban J connectivity index is 2.41. The number of rotatable bonds is 3. The average Bonchev–Trinajstić information content (AvgIpc) is 2.38.